The maximum Gasteiger partial charge on any atom is 0.306 e. The van der Waals surface area contributed by atoms with E-state index in [0.29, 0.717) is 12.3 Å². The minimum Gasteiger partial charge on any atom is -0.463 e. The van der Waals surface area contributed by atoms with Crippen molar-refractivity contribution in [1.82, 2.24) is 0 Å². The van der Waals surface area contributed by atoms with E-state index in [9.17, 15) is 4.79 Å². The fourth-order valence-electron chi connectivity index (χ4n) is 1.20. The SMILES string of the molecule is CCCC(=O)O[C@@H](C)CC(C)C. The molecule has 0 amide bonds. The molecular formula is C10H20O2. The average Bonchev–Trinajstić information content (AvgIpc) is 1.84. The first kappa shape index (κ1) is 11.5. The van der Waals surface area contributed by atoms with Gasteiger partial charge in [0.1, 0.15) is 0 Å². The fourth-order valence-corrected chi connectivity index (χ4v) is 1.20. The molecular weight excluding hydrogens is 152 g/mol. The van der Waals surface area contributed by atoms with Crippen molar-refractivity contribution < 1.29 is 9.53 Å². The molecule has 12 heavy (non-hydrogen) atoms. The van der Waals surface area contributed by atoms with Crippen LogP contribution in [0.25, 0.3) is 0 Å². The Morgan fingerprint density at radius 2 is 1.92 bits per heavy atom. The van der Waals surface area contributed by atoms with Crippen LogP contribution >= 0.6 is 0 Å². The molecule has 0 N–H and O–H groups in total. The number of hydrogen-bond acceptors (Lipinski definition) is 2. The molecule has 0 aliphatic heterocycles. The second kappa shape index (κ2) is 6.04. The number of esters is 1. The summed E-state index contributed by atoms with van der Waals surface area (Å²) < 4.78 is 5.16. The van der Waals surface area contributed by atoms with Crippen LogP contribution < -0.4 is 0 Å². The number of hydrogen-bond donors (Lipinski definition) is 0. The van der Waals surface area contributed by atoms with Crippen LogP contribution in [0.4, 0.5) is 0 Å². The van der Waals surface area contributed by atoms with Gasteiger partial charge in [0, 0.05) is 6.42 Å². The molecule has 0 aromatic heterocycles. The number of carbonyl (C=O) groups excluding carboxylic acids is 1. The lowest BCUT2D eigenvalue weighted by molar-refractivity contribution is -0.148. The van der Waals surface area contributed by atoms with Gasteiger partial charge in [-0.25, -0.2) is 0 Å². The molecule has 0 aliphatic carbocycles. The Hall–Kier alpha value is -0.530. The second-order valence-corrected chi connectivity index (χ2v) is 3.68. The van der Waals surface area contributed by atoms with Crippen LogP contribution in [0.1, 0.15) is 47.0 Å². The molecule has 0 bridgehead atoms. The van der Waals surface area contributed by atoms with E-state index in [1.54, 1.807) is 0 Å². The van der Waals surface area contributed by atoms with Crippen LogP contribution in [0.5, 0.6) is 0 Å². The normalized spacial score (nSPS) is 13.1. The summed E-state index contributed by atoms with van der Waals surface area (Å²) in [4.78, 5) is 11.0. The van der Waals surface area contributed by atoms with Gasteiger partial charge in [-0.3, -0.25) is 4.79 Å². The third-order valence-electron chi connectivity index (χ3n) is 1.59. The molecule has 0 aromatic carbocycles. The zero-order chi connectivity index (χ0) is 9.56. The van der Waals surface area contributed by atoms with Crippen molar-refractivity contribution >= 4 is 5.97 Å². The molecule has 0 fully saturated rings. The van der Waals surface area contributed by atoms with Crippen molar-refractivity contribution in [1.29, 1.82) is 0 Å². The second-order valence-electron chi connectivity index (χ2n) is 3.68. The number of carbonyl (C=O) groups is 1. The van der Waals surface area contributed by atoms with Crippen molar-refractivity contribution in [2.24, 2.45) is 5.92 Å². The zero-order valence-electron chi connectivity index (χ0n) is 8.59. The van der Waals surface area contributed by atoms with Gasteiger partial charge in [0.25, 0.3) is 0 Å². The topological polar surface area (TPSA) is 26.3 Å². The molecule has 0 rings (SSSR count). The Labute approximate surface area is 75.3 Å². The molecule has 0 aliphatic rings. The molecule has 2 heteroatoms. The predicted octanol–water partition coefficient (Wildman–Crippen LogP) is 2.76. The molecule has 2 nitrogen and oxygen atoms in total. The maximum atomic E-state index is 11.0. The Kier molecular flexibility index (Phi) is 5.77. The maximum absolute atomic E-state index is 11.0. The van der Waals surface area contributed by atoms with Crippen LogP contribution in [-0.4, -0.2) is 12.1 Å². The smallest absolute Gasteiger partial charge is 0.306 e. The van der Waals surface area contributed by atoms with Gasteiger partial charge in [-0.05, 0) is 25.7 Å². The van der Waals surface area contributed by atoms with Gasteiger partial charge >= 0.3 is 5.97 Å². The first-order chi connectivity index (χ1) is 5.56. The van der Waals surface area contributed by atoms with Crippen LogP contribution in [0.2, 0.25) is 0 Å². The highest BCUT2D eigenvalue weighted by molar-refractivity contribution is 5.69. The molecule has 0 aromatic rings. The molecule has 0 heterocycles. The molecule has 0 saturated heterocycles. The Bertz CT molecular complexity index is 130. The predicted molar refractivity (Wildman–Crippen MR) is 49.9 cm³/mol. The molecule has 72 valence electrons. The summed E-state index contributed by atoms with van der Waals surface area (Å²) in [6.07, 6.45) is 2.44. The van der Waals surface area contributed by atoms with Gasteiger partial charge in [0.15, 0.2) is 0 Å². The molecule has 0 unspecified atom stereocenters. The van der Waals surface area contributed by atoms with Crippen LogP contribution in [0, 0.1) is 5.92 Å². The van der Waals surface area contributed by atoms with E-state index in [2.05, 4.69) is 13.8 Å². The van der Waals surface area contributed by atoms with E-state index in [1.165, 1.54) is 0 Å². The highest BCUT2D eigenvalue weighted by atomic mass is 16.5. The van der Waals surface area contributed by atoms with Crippen molar-refractivity contribution in [3.8, 4) is 0 Å². The lowest BCUT2D eigenvalue weighted by Crippen LogP contribution is -2.16. The van der Waals surface area contributed by atoms with E-state index in [0.717, 1.165) is 12.8 Å². The standard InChI is InChI=1S/C10H20O2/c1-5-6-10(11)12-9(4)7-8(2)3/h8-9H,5-7H2,1-4H3/t9-/m0/s1. The third-order valence-corrected chi connectivity index (χ3v) is 1.59. The third kappa shape index (κ3) is 6.20. The van der Waals surface area contributed by atoms with Crippen molar-refractivity contribution in [3.63, 3.8) is 0 Å². The molecule has 0 saturated carbocycles. The lowest BCUT2D eigenvalue weighted by Gasteiger charge is -2.14. The lowest BCUT2D eigenvalue weighted by atomic mass is 10.1. The van der Waals surface area contributed by atoms with E-state index >= 15 is 0 Å². The van der Waals surface area contributed by atoms with Gasteiger partial charge in [-0.15, -0.1) is 0 Å². The van der Waals surface area contributed by atoms with E-state index in [1.807, 2.05) is 13.8 Å². The molecule has 0 spiro atoms. The first-order valence-corrected chi connectivity index (χ1v) is 4.75. The number of ether oxygens (including phenoxy) is 1. The highest BCUT2D eigenvalue weighted by Crippen LogP contribution is 2.08. The quantitative estimate of drug-likeness (QED) is 0.596. The monoisotopic (exact) mass is 172 g/mol. The van der Waals surface area contributed by atoms with E-state index in [-0.39, 0.29) is 12.1 Å². The van der Waals surface area contributed by atoms with Gasteiger partial charge in [-0.1, -0.05) is 20.8 Å². The summed E-state index contributed by atoms with van der Waals surface area (Å²) in [5.41, 5.74) is 0. The average molecular weight is 172 g/mol. The Balaban J connectivity index is 3.54. The summed E-state index contributed by atoms with van der Waals surface area (Å²) in [5, 5.41) is 0. The Morgan fingerprint density at radius 1 is 1.33 bits per heavy atom. The largest absolute Gasteiger partial charge is 0.463 e. The van der Waals surface area contributed by atoms with Crippen LogP contribution in [0.15, 0.2) is 0 Å². The van der Waals surface area contributed by atoms with Gasteiger partial charge in [0.2, 0.25) is 0 Å². The minimum atomic E-state index is -0.0642. The molecule has 1 atom stereocenters. The van der Waals surface area contributed by atoms with Gasteiger partial charge in [0.05, 0.1) is 6.10 Å². The van der Waals surface area contributed by atoms with Crippen molar-refractivity contribution in [2.75, 3.05) is 0 Å². The van der Waals surface area contributed by atoms with Crippen LogP contribution in [-0.2, 0) is 9.53 Å². The van der Waals surface area contributed by atoms with Gasteiger partial charge in [-0.2, -0.15) is 0 Å². The minimum absolute atomic E-state index is 0.0642. The van der Waals surface area contributed by atoms with E-state index < -0.39 is 0 Å². The van der Waals surface area contributed by atoms with Crippen molar-refractivity contribution in [3.05, 3.63) is 0 Å². The summed E-state index contributed by atoms with van der Waals surface area (Å²) in [6.45, 7) is 8.19. The Morgan fingerprint density at radius 3 is 2.33 bits per heavy atom. The van der Waals surface area contributed by atoms with E-state index in [4.69, 9.17) is 4.74 Å². The zero-order valence-corrected chi connectivity index (χ0v) is 8.59. The van der Waals surface area contributed by atoms with Crippen molar-refractivity contribution in [2.45, 2.75) is 53.1 Å². The highest BCUT2D eigenvalue weighted by Gasteiger charge is 2.09. The van der Waals surface area contributed by atoms with Crippen LogP contribution in [0.3, 0.4) is 0 Å². The van der Waals surface area contributed by atoms with Gasteiger partial charge < -0.3 is 4.74 Å². The summed E-state index contributed by atoms with van der Waals surface area (Å²) in [5.74, 6) is 0.528. The number of rotatable bonds is 5. The first-order valence-electron chi connectivity index (χ1n) is 4.75. The molecule has 0 radical (unpaired) electrons. The summed E-state index contributed by atoms with van der Waals surface area (Å²) in [6, 6.07) is 0. The fraction of sp³-hybridized carbons (Fsp3) is 0.900. The summed E-state index contributed by atoms with van der Waals surface area (Å²) in [7, 11) is 0. The summed E-state index contributed by atoms with van der Waals surface area (Å²) >= 11 is 0.